The average Bonchev–Trinajstić information content (AvgIpc) is 3.16. The third kappa shape index (κ3) is 4.79. The number of anilines is 1. The summed E-state index contributed by atoms with van der Waals surface area (Å²) < 4.78 is 12.8. The molecule has 168 valence electrons. The first kappa shape index (κ1) is 22.5. The van der Waals surface area contributed by atoms with Crippen LogP contribution in [0.25, 0.3) is 16.7 Å². The van der Waals surface area contributed by atoms with E-state index in [2.05, 4.69) is 20.8 Å². The van der Waals surface area contributed by atoms with Crippen LogP contribution >= 0.6 is 0 Å². The summed E-state index contributed by atoms with van der Waals surface area (Å²) in [5, 5.41) is 24.3. The van der Waals surface area contributed by atoms with E-state index in [-0.39, 0.29) is 11.8 Å². The molecule has 1 atom stereocenters. The van der Waals surface area contributed by atoms with Gasteiger partial charge in [0.05, 0.1) is 25.3 Å². The molecule has 1 unspecified atom stereocenters. The molecule has 0 radical (unpaired) electrons. The number of aromatic nitrogens is 4. The minimum atomic E-state index is -0.972. The molecule has 0 spiro atoms. The number of ether oxygens (including phenoxy) is 2. The highest BCUT2D eigenvalue weighted by molar-refractivity contribution is 5.86. The number of nitrogens with zero attached hydrogens (tertiary/aromatic N) is 4. The number of aryl methyl sites for hydroxylation is 1. The Bertz CT molecular complexity index is 1070. The first-order valence-electron chi connectivity index (χ1n) is 10.3. The third-order valence-corrected chi connectivity index (χ3v) is 5.09. The molecular weight excluding hydrogens is 400 g/mol. The Morgan fingerprint density at radius 2 is 1.81 bits per heavy atom. The lowest BCUT2D eigenvalue weighted by Gasteiger charge is -2.14. The maximum Gasteiger partial charge on any atom is 0.249 e. The molecule has 3 rings (SSSR count). The monoisotopic (exact) mass is 430 g/mol. The number of rotatable bonds is 10. The SMILES string of the molecule is COc1cc2nc(NCCCCNC(=O)C(O)C(C)C)c3nnc(C)n3c2cc1OC. The number of aliphatic hydroxyl groups excluding tert-OH is 1. The molecular formula is C21H30N6O4. The molecule has 0 saturated heterocycles. The summed E-state index contributed by atoms with van der Waals surface area (Å²) in [6.45, 7) is 6.66. The summed E-state index contributed by atoms with van der Waals surface area (Å²) >= 11 is 0. The van der Waals surface area contributed by atoms with Crippen LogP contribution in [-0.4, -0.2) is 64.0 Å². The number of aliphatic hydroxyl groups is 1. The van der Waals surface area contributed by atoms with Gasteiger partial charge in [-0.2, -0.15) is 0 Å². The van der Waals surface area contributed by atoms with Gasteiger partial charge in [-0.1, -0.05) is 13.8 Å². The second kappa shape index (κ2) is 9.78. The molecule has 1 aromatic carbocycles. The van der Waals surface area contributed by atoms with Gasteiger partial charge in [0.25, 0.3) is 0 Å². The van der Waals surface area contributed by atoms with Crippen LogP contribution in [0, 0.1) is 12.8 Å². The predicted molar refractivity (Wildman–Crippen MR) is 118 cm³/mol. The minimum absolute atomic E-state index is 0.103. The van der Waals surface area contributed by atoms with Crippen LogP contribution in [0.3, 0.4) is 0 Å². The molecule has 0 saturated carbocycles. The van der Waals surface area contributed by atoms with Crippen LogP contribution in [0.1, 0.15) is 32.5 Å². The van der Waals surface area contributed by atoms with E-state index in [1.807, 2.05) is 37.3 Å². The maximum atomic E-state index is 11.8. The lowest BCUT2D eigenvalue weighted by Crippen LogP contribution is -2.38. The van der Waals surface area contributed by atoms with Crippen LogP contribution in [0.2, 0.25) is 0 Å². The van der Waals surface area contributed by atoms with Crippen molar-refractivity contribution < 1.29 is 19.4 Å². The number of nitrogens with one attached hydrogen (secondary N) is 2. The van der Waals surface area contributed by atoms with Gasteiger partial charge in [-0.3, -0.25) is 9.20 Å². The molecule has 2 heterocycles. The van der Waals surface area contributed by atoms with Gasteiger partial charge in [-0.05, 0) is 25.7 Å². The second-order valence-electron chi connectivity index (χ2n) is 7.68. The van der Waals surface area contributed by atoms with Crippen LogP contribution in [0.5, 0.6) is 11.5 Å². The molecule has 1 amide bonds. The van der Waals surface area contributed by atoms with Crippen LogP contribution in [0.15, 0.2) is 12.1 Å². The molecule has 0 aliphatic carbocycles. The first-order chi connectivity index (χ1) is 14.9. The first-order valence-corrected chi connectivity index (χ1v) is 10.3. The van der Waals surface area contributed by atoms with E-state index >= 15 is 0 Å². The van der Waals surface area contributed by atoms with Gasteiger partial charge in [0.15, 0.2) is 17.3 Å². The Labute approximate surface area is 181 Å². The van der Waals surface area contributed by atoms with Gasteiger partial charge >= 0.3 is 0 Å². The van der Waals surface area contributed by atoms with Crippen molar-refractivity contribution in [2.24, 2.45) is 5.92 Å². The molecule has 10 nitrogen and oxygen atoms in total. The molecule has 0 fully saturated rings. The Hall–Kier alpha value is -3.14. The van der Waals surface area contributed by atoms with Crippen LogP contribution in [0.4, 0.5) is 5.82 Å². The number of fused-ring (bicyclic) bond motifs is 3. The highest BCUT2D eigenvalue weighted by Gasteiger charge is 2.18. The topological polar surface area (TPSA) is 123 Å². The van der Waals surface area contributed by atoms with E-state index in [1.54, 1.807) is 14.2 Å². The van der Waals surface area contributed by atoms with Crippen molar-refractivity contribution >= 4 is 28.4 Å². The molecule has 0 bridgehead atoms. The second-order valence-corrected chi connectivity index (χ2v) is 7.68. The minimum Gasteiger partial charge on any atom is -0.493 e. The van der Waals surface area contributed by atoms with Gasteiger partial charge < -0.3 is 25.2 Å². The molecule has 0 aliphatic heterocycles. The molecule has 3 aromatic rings. The van der Waals surface area contributed by atoms with Gasteiger partial charge in [0.1, 0.15) is 11.9 Å². The normalized spacial score (nSPS) is 12.4. The zero-order valence-corrected chi connectivity index (χ0v) is 18.6. The number of carbonyl (C=O) groups excluding carboxylic acids is 1. The zero-order valence-electron chi connectivity index (χ0n) is 18.6. The van der Waals surface area contributed by atoms with Crippen molar-refractivity contribution in [1.29, 1.82) is 0 Å². The van der Waals surface area contributed by atoms with E-state index in [9.17, 15) is 9.90 Å². The molecule has 2 aromatic heterocycles. The highest BCUT2D eigenvalue weighted by atomic mass is 16.5. The fourth-order valence-corrected chi connectivity index (χ4v) is 3.30. The molecule has 0 aliphatic rings. The van der Waals surface area contributed by atoms with E-state index in [4.69, 9.17) is 14.5 Å². The molecule has 31 heavy (non-hydrogen) atoms. The van der Waals surface area contributed by atoms with Gasteiger partial charge in [0.2, 0.25) is 11.6 Å². The predicted octanol–water partition coefficient (Wildman–Crippen LogP) is 1.93. The van der Waals surface area contributed by atoms with Crippen molar-refractivity contribution in [2.75, 3.05) is 32.6 Å². The van der Waals surface area contributed by atoms with E-state index < -0.39 is 6.10 Å². The van der Waals surface area contributed by atoms with Gasteiger partial charge in [-0.15, -0.1) is 10.2 Å². The van der Waals surface area contributed by atoms with Gasteiger partial charge in [-0.25, -0.2) is 4.98 Å². The smallest absolute Gasteiger partial charge is 0.249 e. The van der Waals surface area contributed by atoms with E-state index in [0.29, 0.717) is 36.1 Å². The van der Waals surface area contributed by atoms with Gasteiger partial charge in [0, 0.05) is 25.2 Å². The molecule has 10 heteroatoms. The van der Waals surface area contributed by atoms with E-state index in [0.717, 1.165) is 29.7 Å². The number of hydrogen-bond acceptors (Lipinski definition) is 8. The maximum absolute atomic E-state index is 11.8. The fourth-order valence-electron chi connectivity index (χ4n) is 3.30. The molecule has 3 N–H and O–H groups in total. The average molecular weight is 431 g/mol. The number of hydrogen-bond donors (Lipinski definition) is 3. The number of methoxy groups -OCH3 is 2. The number of unbranched alkanes of at least 4 members (excludes halogenated alkanes) is 1. The summed E-state index contributed by atoms with van der Waals surface area (Å²) in [5.41, 5.74) is 2.18. The van der Waals surface area contributed by atoms with Crippen LogP contribution in [-0.2, 0) is 4.79 Å². The van der Waals surface area contributed by atoms with E-state index in [1.165, 1.54) is 0 Å². The summed E-state index contributed by atoms with van der Waals surface area (Å²) in [6.07, 6.45) is 0.604. The Kier molecular flexibility index (Phi) is 7.11. The quantitative estimate of drug-likeness (QED) is 0.417. The summed E-state index contributed by atoms with van der Waals surface area (Å²) in [4.78, 5) is 16.5. The number of benzene rings is 1. The number of carbonyl (C=O) groups is 1. The Balaban J connectivity index is 1.70. The standard InChI is InChI=1S/C21H30N6O4/c1-12(2)18(28)21(29)23-9-7-6-8-22-19-20-26-25-13(3)27(20)15-11-17(31-5)16(30-4)10-14(15)24-19/h10-12,18,28H,6-9H2,1-5H3,(H,22,24)(H,23,29). The van der Waals surface area contributed by atoms with Crippen molar-refractivity contribution in [2.45, 2.75) is 39.7 Å². The van der Waals surface area contributed by atoms with Crippen molar-refractivity contribution in [3.05, 3.63) is 18.0 Å². The Morgan fingerprint density at radius 1 is 1.13 bits per heavy atom. The lowest BCUT2D eigenvalue weighted by atomic mass is 10.1. The fraction of sp³-hybridized carbons (Fsp3) is 0.524. The van der Waals surface area contributed by atoms with Crippen molar-refractivity contribution in [1.82, 2.24) is 24.9 Å². The number of amides is 1. The Morgan fingerprint density at radius 3 is 2.48 bits per heavy atom. The summed E-state index contributed by atoms with van der Waals surface area (Å²) in [7, 11) is 3.18. The van der Waals surface area contributed by atoms with Crippen LogP contribution < -0.4 is 20.1 Å². The highest BCUT2D eigenvalue weighted by Crippen LogP contribution is 2.33. The third-order valence-electron chi connectivity index (χ3n) is 5.09. The summed E-state index contributed by atoms with van der Waals surface area (Å²) in [6, 6.07) is 3.69. The lowest BCUT2D eigenvalue weighted by molar-refractivity contribution is -0.131. The zero-order chi connectivity index (χ0) is 22.5. The largest absolute Gasteiger partial charge is 0.493 e. The summed E-state index contributed by atoms with van der Waals surface area (Å²) in [5.74, 6) is 2.13. The van der Waals surface area contributed by atoms with Crippen molar-refractivity contribution in [3.8, 4) is 11.5 Å². The van der Waals surface area contributed by atoms with Crippen molar-refractivity contribution in [3.63, 3.8) is 0 Å².